The van der Waals surface area contributed by atoms with Crippen molar-refractivity contribution in [3.05, 3.63) is 0 Å². The van der Waals surface area contributed by atoms with Crippen LogP contribution < -0.4 is 5.73 Å². The van der Waals surface area contributed by atoms with Crippen LogP contribution in [0.5, 0.6) is 0 Å². The van der Waals surface area contributed by atoms with Crippen LogP contribution in [0, 0.1) is 5.92 Å². The summed E-state index contributed by atoms with van der Waals surface area (Å²) in [7, 11) is 0. The van der Waals surface area contributed by atoms with Crippen LogP contribution in [0.25, 0.3) is 0 Å². The molecule has 2 fully saturated rings. The molecule has 2 N–H and O–H groups in total. The smallest absolute Gasteiger partial charge is 0.0507 e. The van der Waals surface area contributed by atoms with E-state index < -0.39 is 0 Å². The first kappa shape index (κ1) is 11.4. The average Bonchev–Trinajstić information content (AvgIpc) is 2.74. The number of hydrogen-bond donors (Lipinski definition) is 1. The Morgan fingerprint density at radius 1 is 1.27 bits per heavy atom. The van der Waals surface area contributed by atoms with Gasteiger partial charge in [0.1, 0.15) is 0 Å². The predicted octanol–water partition coefficient (Wildman–Crippen LogP) is 1.23. The van der Waals surface area contributed by atoms with Gasteiger partial charge in [0.15, 0.2) is 0 Å². The van der Waals surface area contributed by atoms with Gasteiger partial charge >= 0.3 is 0 Å². The van der Waals surface area contributed by atoms with Crippen molar-refractivity contribution >= 4 is 0 Å². The summed E-state index contributed by atoms with van der Waals surface area (Å²) in [4.78, 5) is 2.66. The highest BCUT2D eigenvalue weighted by molar-refractivity contribution is 4.80. The van der Waals surface area contributed by atoms with Crippen LogP contribution in [0.4, 0.5) is 0 Å². The van der Waals surface area contributed by atoms with Crippen molar-refractivity contribution in [3.8, 4) is 0 Å². The molecule has 0 spiro atoms. The molecule has 2 aliphatic rings. The van der Waals surface area contributed by atoms with E-state index in [0.29, 0.717) is 0 Å². The number of nitrogens with zero attached hydrogens (tertiary/aromatic N) is 1. The van der Waals surface area contributed by atoms with E-state index in [4.69, 9.17) is 10.5 Å². The lowest BCUT2D eigenvalue weighted by Gasteiger charge is -2.37. The predicted molar refractivity (Wildman–Crippen MR) is 61.8 cm³/mol. The van der Waals surface area contributed by atoms with Gasteiger partial charge in [-0.25, -0.2) is 0 Å². The molecule has 3 nitrogen and oxygen atoms in total. The molecular weight excluding hydrogens is 188 g/mol. The summed E-state index contributed by atoms with van der Waals surface area (Å²) in [5.74, 6) is 0.781. The number of nitrogens with two attached hydrogens (primary N) is 1. The minimum absolute atomic E-state index is 0.754. The van der Waals surface area contributed by atoms with Crippen molar-refractivity contribution in [2.45, 2.75) is 38.1 Å². The first-order valence-electron chi connectivity index (χ1n) is 6.42. The molecule has 0 aromatic carbocycles. The Morgan fingerprint density at radius 3 is 2.93 bits per heavy atom. The van der Waals surface area contributed by atoms with Crippen LogP contribution >= 0.6 is 0 Å². The Hall–Kier alpha value is -0.120. The van der Waals surface area contributed by atoms with Gasteiger partial charge in [-0.2, -0.15) is 0 Å². The van der Waals surface area contributed by atoms with Gasteiger partial charge in [0.2, 0.25) is 0 Å². The maximum absolute atomic E-state index is 5.68. The molecule has 0 aliphatic carbocycles. The molecule has 0 aromatic rings. The number of piperidine rings is 1. The topological polar surface area (TPSA) is 38.5 Å². The average molecular weight is 212 g/mol. The van der Waals surface area contributed by atoms with E-state index in [-0.39, 0.29) is 0 Å². The van der Waals surface area contributed by atoms with E-state index in [1.165, 1.54) is 45.2 Å². The summed E-state index contributed by atoms with van der Waals surface area (Å²) in [6.45, 7) is 5.31. The number of ether oxygens (including phenoxy) is 1. The first-order chi connectivity index (χ1) is 7.40. The summed E-state index contributed by atoms with van der Waals surface area (Å²) in [6, 6.07) is 0.754. The highest BCUT2D eigenvalue weighted by atomic mass is 16.5. The molecule has 2 saturated heterocycles. The second-order valence-corrected chi connectivity index (χ2v) is 4.95. The molecule has 0 radical (unpaired) electrons. The van der Waals surface area contributed by atoms with Gasteiger partial charge < -0.3 is 10.5 Å². The van der Waals surface area contributed by atoms with Crippen LogP contribution in [0.15, 0.2) is 0 Å². The van der Waals surface area contributed by atoms with Crippen LogP contribution in [0.2, 0.25) is 0 Å². The molecule has 2 unspecified atom stereocenters. The van der Waals surface area contributed by atoms with Crippen LogP contribution in [-0.4, -0.2) is 43.8 Å². The molecule has 2 rings (SSSR count). The maximum atomic E-state index is 5.68. The van der Waals surface area contributed by atoms with Gasteiger partial charge in [-0.15, -0.1) is 0 Å². The Balaban J connectivity index is 1.80. The van der Waals surface area contributed by atoms with Gasteiger partial charge in [-0.1, -0.05) is 6.42 Å². The van der Waals surface area contributed by atoms with Crippen LogP contribution in [0.1, 0.15) is 32.1 Å². The second-order valence-electron chi connectivity index (χ2n) is 4.95. The fourth-order valence-corrected chi connectivity index (χ4v) is 2.88. The van der Waals surface area contributed by atoms with Crippen molar-refractivity contribution in [1.82, 2.24) is 4.90 Å². The molecule has 0 amide bonds. The van der Waals surface area contributed by atoms with Gasteiger partial charge in [-0.05, 0) is 44.7 Å². The van der Waals surface area contributed by atoms with E-state index in [2.05, 4.69) is 4.90 Å². The molecule has 0 aromatic heterocycles. The van der Waals surface area contributed by atoms with Crippen LogP contribution in [-0.2, 0) is 4.74 Å². The van der Waals surface area contributed by atoms with Crippen molar-refractivity contribution in [2.24, 2.45) is 11.7 Å². The number of rotatable bonds is 4. The van der Waals surface area contributed by atoms with E-state index in [0.717, 1.165) is 31.7 Å². The van der Waals surface area contributed by atoms with Gasteiger partial charge in [0.05, 0.1) is 6.61 Å². The maximum Gasteiger partial charge on any atom is 0.0507 e. The third-order valence-electron chi connectivity index (χ3n) is 3.77. The van der Waals surface area contributed by atoms with Crippen molar-refractivity contribution < 1.29 is 4.74 Å². The minimum atomic E-state index is 0.754. The third-order valence-corrected chi connectivity index (χ3v) is 3.77. The fourth-order valence-electron chi connectivity index (χ4n) is 2.88. The van der Waals surface area contributed by atoms with Gasteiger partial charge in [-0.3, -0.25) is 4.90 Å². The summed E-state index contributed by atoms with van der Waals surface area (Å²) in [6.07, 6.45) is 6.54. The summed E-state index contributed by atoms with van der Waals surface area (Å²) >= 11 is 0. The monoisotopic (exact) mass is 212 g/mol. The van der Waals surface area contributed by atoms with Crippen molar-refractivity contribution in [2.75, 3.05) is 32.8 Å². The third kappa shape index (κ3) is 3.16. The number of hydrogen-bond acceptors (Lipinski definition) is 3. The lowest BCUT2D eigenvalue weighted by Crippen LogP contribution is -2.43. The number of likely N-dealkylation sites (tertiary alicyclic amines) is 1. The van der Waals surface area contributed by atoms with E-state index in [9.17, 15) is 0 Å². The molecule has 15 heavy (non-hydrogen) atoms. The molecule has 2 heterocycles. The van der Waals surface area contributed by atoms with Gasteiger partial charge in [0.25, 0.3) is 0 Å². The standard InChI is InChI=1S/C12H24N2O/c13-6-4-12-3-1-2-7-14(12)9-11-5-8-15-10-11/h11-12H,1-10,13H2. The van der Waals surface area contributed by atoms with Crippen molar-refractivity contribution in [3.63, 3.8) is 0 Å². The minimum Gasteiger partial charge on any atom is -0.381 e. The zero-order valence-electron chi connectivity index (χ0n) is 9.66. The lowest BCUT2D eigenvalue weighted by atomic mass is 9.97. The molecular formula is C12H24N2O. The van der Waals surface area contributed by atoms with Gasteiger partial charge in [0, 0.05) is 19.2 Å². The highest BCUT2D eigenvalue weighted by Gasteiger charge is 2.25. The fraction of sp³-hybridized carbons (Fsp3) is 1.00. The van der Waals surface area contributed by atoms with Crippen molar-refractivity contribution in [1.29, 1.82) is 0 Å². The van der Waals surface area contributed by atoms with Crippen LogP contribution in [0.3, 0.4) is 0 Å². The molecule has 2 atom stereocenters. The normalized spacial score (nSPS) is 33.4. The molecule has 0 bridgehead atoms. The van der Waals surface area contributed by atoms with E-state index in [1.54, 1.807) is 0 Å². The second kappa shape index (κ2) is 5.83. The Kier molecular flexibility index (Phi) is 4.42. The Morgan fingerprint density at radius 2 is 2.20 bits per heavy atom. The lowest BCUT2D eigenvalue weighted by molar-refractivity contribution is 0.110. The molecule has 0 saturated carbocycles. The Labute approximate surface area is 93.0 Å². The quantitative estimate of drug-likeness (QED) is 0.761. The zero-order chi connectivity index (χ0) is 10.5. The zero-order valence-corrected chi connectivity index (χ0v) is 9.66. The van der Waals surface area contributed by atoms with E-state index in [1.807, 2.05) is 0 Å². The first-order valence-corrected chi connectivity index (χ1v) is 6.42. The summed E-state index contributed by atoms with van der Waals surface area (Å²) < 4.78 is 5.44. The molecule has 2 aliphatic heterocycles. The highest BCUT2D eigenvalue weighted by Crippen LogP contribution is 2.23. The summed E-state index contributed by atoms with van der Waals surface area (Å²) in [5, 5.41) is 0. The SMILES string of the molecule is NCCC1CCCCN1CC1CCOC1. The largest absolute Gasteiger partial charge is 0.381 e. The molecule has 3 heteroatoms. The molecule has 88 valence electrons. The summed E-state index contributed by atoms with van der Waals surface area (Å²) in [5.41, 5.74) is 5.68. The van der Waals surface area contributed by atoms with E-state index >= 15 is 0 Å². The Bertz CT molecular complexity index is 178.